The number of benzene rings is 3. The molecule has 3 nitrogen and oxygen atoms in total. The lowest BCUT2D eigenvalue weighted by Gasteiger charge is -2.41. The molecule has 29 heavy (non-hydrogen) atoms. The van der Waals surface area contributed by atoms with Crippen LogP contribution in [-0.2, 0) is 7.05 Å². The molecule has 0 atom stereocenters. The van der Waals surface area contributed by atoms with Crippen LogP contribution in [0.2, 0.25) is 13.1 Å². The lowest BCUT2D eigenvalue weighted by Crippen LogP contribution is -2.58. The smallest absolute Gasteiger partial charge is 0.117 e. The predicted molar refractivity (Wildman–Crippen MR) is 125 cm³/mol. The summed E-state index contributed by atoms with van der Waals surface area (Å²) in [6.07, 6.45) is 0. The van der Waals surface area contributed by atoms with Crippen LogP contribution in [0.25, 0.3) is 11.3 Å². The van der Waals surface area contributed by atoms with Crippen molar-refractivity contribution in [3.8, 4) is 11.3 Å². The van der Waals surface area contributed by atoms with E-state index >= 15 is 0 Å². The first-order valence-electron chi connectivity index (χ1n) is 10.1. The van der Waals surface area contributed by atoms with E-state index in [1.807, 2.05) is 11.7 Å². The standard InChI is InChI=1S/C25H25N3Si/c1-18-25(24(26-27(18)2)19-12-6-5-7-13-19)28-20-14-8-10-16-22(20)29(3,4)23-17-11-9-15-21(23)28/h5-17H,1-4H3. The Morgan fingerprint density at radius 1 is 0.724 bits per heavy atom. The maximum atomic E-state index is 4.92. The number of para-hydroxylation sites is 2. The van der Waals surface area contributed by atoms with Crippen LogP contribution < -0.4 is 15.3 Å². The van der Waals surface area contributed by atoms with Crippen molar-refractivity contribution in [2.24, 2.45) is 7.05 Å². The second kappa shape index (κ2) is 6.46. The van der Waals surface area contributed by atoms with Gasteiger partial charge in [-0.2, -0.15) is 5.10 Å². The molecule has 5 rings (SSSR count). The Morgan fingerprint density at radius 3 is 1.83 bits per heavy atom. The summed E-state index contributed by atoms with van der Waals surface area (Å²) in [5, 5.41) is 7.87. The average Bonchev–Trinajstić information content (AvgIpc) is 3.04. The van der Waals surface area contributed by atoms with Gasteiger partial charge in [0.15, 0.2) is 0 Å². The van der Waals surface area contributed by atoms with E-state index in [0.29, 0.717) is 0 Å². The fourth-order valence-electron chi connectivity index (χ4n) is 4.57. The van der Waals surface area contributed by atoms with Crippen molar-refractivity contribution in [3.63, 3.8) is 0 Å². The number of nitrogens with zero attached hydrogens (tertiary/aromatic N) is 3. The van der Waals surface area contributed by atoms with Crippen molar-refractivity contribution in [1.82, 2.24) is 9.78 Å². The molecule has 0 amide bonds. The summed E-state index contributed by atoms with van der Waals surface area (Å²) < 4.78 is 2.00. The molecule has 0 saturated carbocycles. The molecule has 0 fully saturated rings. The normalized spacial score (nSPS) is 14.4. The zero-order valence-corrected chi connectivity index (χ0v) is 18.3. The summed E-state index contributed by atoms with van der Waals surface area (Å²) >= 11 is 0. The molecular weight excluding hydrogens is 370 g/mol. The molecule has 4 aromatic rings. The first kappa shape index (κ1) is 17.9. The van der Waals surface area contributed by atoms with Crippen LogP contribution in [0.1, 0.15) is 5.69 Å². The lowest BCUT2D eigenvalue weighted by molar-refractivity contribution is 0.743. The van der Waals surface area contributed by atoms with Gasteiger partial charge < -0.3 is 4.90 Å². The quantitative estimate of drug-likeness (QED) is 0.445. The monoisotopic (exact) mass is 395 g/mol. The van der Waals surface area contributed by atoms with Crippen molar-refractivity contribution in [3.05, 3.63) is 84.6 Å². The molecule has 0 N–H and O–H groups in total. The van der Waals surface area contributed by atoms with Crippen LogP contribution in [0.5, 0.6) is 0 Å². The Balaban J connectivity index is 1.86. The zero-order valence-electron chi connectivity index (χ0n) is 17.3. The van der Waals surface area contributed by atoms with Gasteiger partial charge in [0.05, 0.1) is 11.4 Å². The highest BCUT2D eigenvalue weighted by molar-refractivity contribution is 7.02. The Bertz CT molecular complexity index is 1160. The third kappa shape index (κ3) is 2.59. The molecule has 144 valence electrons. The van der Waals surface area contributed by atoms with E-state index in [2.05, 4.69) is 104 Å². The first-order chi connectivity index (χ1) is 14.0. The van der Waals surface area contributed by atoms with Gasteiger partial charge in [0.2, 0.25) is 0 Å². The number of rotatable bonds is 2. The van der Waals surface area contributed by atoms with E-state index in [1.165, 1.54) is 27.4 Å². The molecule has 0 unspecified atom stereocenters. The number of fused-ring (bicyclic) bond motifs is 2. The highest BCUT2D eigenvalue weighted by Crippen LogP contribution is 2.43. The highest BCUT2D eigenvalue weighted by atomic mass is 28.3. The van der Waals surface area contributed by atoms with E-state index in [-0.39, 0.29) is 0 Å². The SMILES string of the molecule is Cc1c(N2c3ccccc3[Si](C)(C)c3ccccc32)c(-c2ccccc2)nn1C. The summed E-state index contributed by atoms with van der Waals surface area (Å²) in [7, 11) is 0.251. The van der Waals surface area contributed by atoms with E-state index in [0.717, 1.165) is 17.0 Å². The van der Waals surface area contributed by atoms with Gasteiger partial charge in [-0.1, -0.05) is 79.8 Å². The van der Waals surface area contributed by atoms with Crippen molar-refractivity contribution in [2.75, 3.05) is 4.90 Å². The Kier molecular flexibility index (Phi) is 4.00. The maximum Gasteiger partial charge on any atom is 0.117 e. The summed E-state index contributed by atoms with van der Waals surface area (Å²) in [6.45, 7) is 7.07. The van der Waals surface area contributed by atoms with Crippen LogP contribution >= 0.6 is 0 Å². The van der Waals surface area contributed by atoms with Crippen molar-refractivity contribution >= 4 is 35.5 Å². The van der Waals surface area contributed by atoms with Crippen LogP contribution in [0.15, 0.2) is 78.9 Å². The third-order valence-electron chi connectivity index (χ3n) is 6.21. The van der Waals surface area contributed by atoms with Gasteiger partial charge in [-0.25, -0.2) is 0 Å². The number of anilines is 3. The van der Waals surface area contributed by atoms with Gasteiger partial charge in [0, 0.05) is 24.0 Å². The van der Waals surface area contributed by atoms with Crippen LogP contribution in [0.4, 0.5) is 17.1 Å². The molecule has 0 aliphatic carbocycles. The minimum Gasteiger partial charge on any atom is -0.307 e. The van der Waals surface area contributed by atoms with Gasteiger partial charge in [0.25, 0.3) is 0 Å². The van der Waals surface area contributed by atoms with Crippen LogP contribution in [-0.4, -0.2) is 17.9 Å². The largest absolute Gasteiger partial charge is 0.307 e. The molecule has 3 aromatic carbocycles. The second-order valence-electron chi connectivity index (χ2n) is 8.27. The fourth-order valence-corrected chi connectivity index (χ4v) is 7.55. The first-order valence-corrected chi connectivity index (χ1v) is 13.1. The van der Waals surface area contributed by atoms with Crippen LogP contribution in [0, 0.1) is 6.92 Å². The third-order valence-corrected chi connectivity index (χ3v) is 9.75. The summed E-state index contributed by atoms with van der Waals surface area (Å²) in [4.78, 5) is 2.44. The van der Waals surface area contributed by atoms with Crippen molar-refractivity contribution in [2.45, 2.75) is 20.0 Å². The average molecular weight is 396 g/mol. The summed E-state index contributed by atoms with van der Waals surface area (Å²) in [5.41, 5.74) is 7.07. The Hall–Kier alpha value is -3.11. The van der Waals surface area contributed by atoms with Gasteiger partial charge in [0.1, 0.15) is 13.8 Å². The molecule has 0 radical (unpaired) electrons. The van der Waals surface area contributed by atoms with Crippen molar-refractivity contribution < 1.29 is 0 Å². The molecule has 1 aliphatic rings. The van der Waals surface area contributed by atoms with Crippen LogP contribution in [0.3, 0.4) is 0 Å². The molecule has 0 bridgehead atoms. The van der Waals surface area contributed by atoms with Gasteiger partial charge in [-0.05, 0) is 29.4 Å². The van der Waals surface area contributed by atoms with E-state index in [1.54, 1.807) is 0 Å². The lowest BCUT2D eigenvalue weighted by atomic mass is 10.1. The summed E-state index contributed by atoms with van der Waals surface area (Å²) in [5.74, 6) is 0. The molecule has 1 aliphatic heterocycles. The Labute approximate surface area is 173 Å². The highest BCUT2D eigenvalue weighted by Gasteiger charge is 2.39. The van der Waals surface area contributed by atoms with Gasteiger partial charge in [-0.15, -0.1) is 0 Å². The number of hydrogen-bond acceptors (Lipinski definition) is 2. The molecule has 0 spiro atoms. The summed E-state index contributed by atoms with van der Waals surface area (Å²) in [6, 6.07) is 28.3. The molecular formula is C25H25N3Si. The molecule has 4 heteroatoms. The minimum absolute atomic E-state index is 1.02. The van der Waals surface area contributed by atoms with Gasteiger partial charge in [-0.3, -0.25) is 4.68 Å². The number of aromatic nitrogens is 2. The second-order valence-corrected chi connectivity index (χ2v) is 12.6. The Morgan fingerprint density at radius 2 is 1.24 bits per heavy atom. The van der Waals surface area contributed by atoms with Gasteiger partial charge >= 0.3 is 0 Å². The fraction of sp³-hybridized carbons (Fsp3) is 0.160. The molecule has 1 aromatic heterocycles. The topological polar surface area (TPSA) is 21.1 Å². The predicted octanol–water partition coefficient (Wildman–Crippen LogP) is 5.00. The van der Waals surface area contributed by atoms with E-state index in [9.17, 15) is 0 Å². The van der Waals surface area contributed by atoms with E-state index < -0.39 is 8.07 Å². The van der Waals surface area contributed by atoms with E-state index in [4.69, 9.17) is 5.10 Å². The zero-order chi connectivity index (χ0) is 20.2. The number of hydrogen-bond donors (Lipinski definition) is 0. The minimum atomic E-state index is -1.78. The number of aryl methyl sites for hydroxylation is 1. The molecule has 0 saturated heterocycles. The maximum absolute atomic E-state index is 4.92. The molecule has 2 heterocycles. The van der Waals surface area contributed by atoms with Crippen molar-refractivity contribution in [1.29, 1.82) is 0 Å².